The van der Waals surface area contributed by atoms with Crippen LogP contribution in [0.4, 0.5) is 5.69 Å². The molecule has 2 aromatic carbocycles. The Morgan fingerprint density at radius 3 is 2.89 bits per heavy atom. The maximum atomic E-state index is 12.3. The minimum Gasteiger partial charge on any atom is -0.494 e. The molecule has 2 aromatic rings. The van der Waals surface area contributed by atoms with Gasteiger partial charge in [0, 0.05) is 10.6 Å². The minimum atomic E-state index is -0.269. The molecular formula is C19H14ClN3O3S. The van der Waals surface area contributed by atoms with E-state index in [2.05, 4.69) is 10.3 Å². The van der Waals surface area contributed by atoms with Gasteiger partial charge >= 0.3 is 0 Å². The highest BCUT2D eigenvalue weighted by molar-refractivity contribution is 8.18. The zero-order valence-corrected chi connectivity index (χ0v) is 15.8. The van der Waals surface area contributed by atoms with Crippen LogP contribution in [0.1, 0.15) is 5.56 Å². The number of ether oxygens (including phenoxy) is 2. The molecule has 3 rings (SSSR count). The van der Waals surface area contributed by atoms with E-state index in [0.717, 1.165) is 0 Å². The lowest BCUT2D eigenvalue weighted by atomic mass is 10.2. The van der Waals surface area contributed by atoms with E-state index in [0.29, 0.717) is 37.8 Å². The second kappa shape index (κ2) is 8.62. The van der Waals surface area contributed by atoms with Gasteiger partial charge in [-0.3, -0.25) is 4.79 Å². The largest absolute Gasteiger partial charge is 0.494 e. The second-order valence-electron chi connectivity index (χ2n) is 5.28. The number of amides is 1. The molecule has 1 fully saturated rings. The van der Waals surface area contributed by atoms with Gasteiger partial charge in [-0.2, -0.15) is 5.26 Å². The number of amidine groups is 1. The summed E-state index contributed by atoms with van der Waals surface area (Å²) in [5, 5.41) is 12.3. The molecule has 1 N–H and O–H groups in total. The van der Waals surface area contributed by atoms with E-state index in [1.165, 1.54) is 18.9 Å². The van der Waals surface area contributed by atoms with Gasteiger partial charge in [0.2, 0.25) is 0 Å². The van der Waals surface area contributed by atoms with Gasteiger partial charge in [-0.1, -0.05) is 29.8 Å². The van der Waals surface area contributed by atoms with E-state index < -0.39 is 0 Å². The third-order valence-electron chi connectivity index (χ3n) is 3.51. The molecule has 6 nitrogen and oxygen atoms in total. The van der Waals surface area contributed by atoms with Crippen LogP contribution in [0.5, 0.6) is 11.5 Å². The Bertz CT molecular complexity index is 982. The predicted molar refractivity (Wildman–Crippen MR) is 106 cm³/mol. The molecule has 0 radical (unpaired) electrons. The zero-order valence-electron chi connectivity index (χ0n) is 14.2. The van der Waals surface area contributed by atoms with E-state index in [4.69, 9.17) is 26.3 Å². The molecule has 0 atom stereocenters. The molecule has 0 aliphatic carbocycles. The molecule has 0 bridgehead atoms. The van der Waals surface area contributed by atoms with Gasteiger partial charge in [-0.05, 0) is 42.1 Å². The Morgan fingerprint density at radius 2 is 2.11 bits per heavy atom. The van der Waals surface area contributed by atoms with E-state index in [-0.39, 0.29) is 12.5 Å². The van der Waals surface area contributed by atoms with Crippen LogP contribution < -0.4 is 14.8 Å². The summed E-state index contributed by atoms with van der Waals surface area (Å²) >= 11 is 7.21. The fourth-order valence-electron chi connectivity index (χ4n) is 2.32. The quantitative estimate of drug-likeness (QED) is 0.764. The van der Waals surface area contributed by atoms with E-state index in [1.54, 1.807) is 36.4 Å². The average molecular weight is 400 g/mol. The Labute approximate surface area is 165 Å². The number of hydrogen-bond acceptors (Lipinski definition) is 6. The number of nitrogens with one attached hydrogen (secondary N) is 1. The molecule has 1 amide bonds. The van der Waals surface area contributed by atoms with Gasteiger partial charge in [0.05, 0.1) is 12.0 Å². The first-order chi connectivity index (χ1) is 13.1. The number of benzene rings is 2. The summed E-state index contributed by atoms with van der Waals surface area (Å²) in [6, 6.07) is 14.2. The Hall–Kier alpha value is -2.95. The van der Waals surface area contributed by atoms with Gasteiger partial charge in [0.1, 0.15) is 23.3 Å². The molecule has 136 valence electrons. The standard InChI is InChI=1S/C19H14ClN3O3S/c1-25-16-7-6-13(20)11-14(16)22-19-23-18(24)17(27-19)10-12-4-2-3-5-15(12)26-9-8-21/h2-7,10-11H,9H2,1H3,(H,22,23,24)/b17-10-. The summed E-state index contributed by atoms with van der Waals surface area (Å²) in [6.45, 7) is -0.0687. The number of carbonyl (C=O) groups excluding carboxylic acids is 1. The van der Waals surface area contributed by atoms with Gasteiger partial charge in [-0.25, -0.2) is 4.99 Å². The van der Waals surface area contributed by atoms with Crippen molar-refractivity contribution in [1.29, 1.82) is 5.26 Å². The topological polar surface area (TPSA) is 83.7 Å². The highest BCUT2D eigenvalue weighted by Gasteiger charge is 2.24. The SMILES string of the molecule is COc1ccc(Cl)cc1N=C1NC(=O)/C(=C/c2ccccc2OCC#N)S1. The summed E-state index contributed by atoms with van der Waals surface area (Å²) < 4.78 is 10.7. The Balaban J connectivity index is 1.88. The van der Waals surface area contributed by atoms with Crippen molar-refractivity contribution in [2.24, 2.45) is 4.99 Å². The summed E-state index contributed by atoms with van der Waals surface area (Å²) in [5.74, 6) is 0.811. The van der Waals surface area contributed by atoms with Crippen LogP contribution in [0.2, 0.25) is 5.02 Å². The predicted octanol–water partition coefficient (Wildman–Crippen LogP) is 4.14. The van der Waals surface area contributed by atoms with Crippen molar-refractivity contribution in [3.05, 3.63) is 58.0 Å². The molecular weight excluding hydrogens is 386 g/mol. The third-order valence-corrected chi connectivity index (χ3v) is 4.66. The molecule has 0 unspecified atom stereocenters. The number of para-hydroxylation sites is 1. The smallest absolute Gasteiger partial charge is 0.264 e. The van der Waals surface area contributed by atoms with Crippen molar-refractivity contribution in [1.82, 2.24) is 5.32 Å². The van der Waals surface area contributed by atoms with Crippen molar-refractivity contribution in [2.75, 3.05) is 13.7 Å². The van der Waals surface area contributed by atoms with Crippen LogP contribution in [-0.2, 0) is 4.79 Å². The number of thioether (sulfide) groups is 1. The lowest BCUT2D eigenvalue weighted by molar-refractivity contribution is -0.115. The van der Waals surface area contributed by atoms with Gasteiger partial charge in [0.25, 0.3) is 5.91 Å². The maximum Gasteiger partial charge on any atom is 0.264 e. The molecule has 0 spiro atoms. The normalized spacial score (nSPS) is 16.3. The number of aliphatic imine (C=N–C) groups is 1. The molecule has 1 saturated heterocycles. The molecule has 0 aromatic heterocycles. The maximum absolute atomic E-state index is 12.3. The third kappa shape index (κ3) is 4.61. The molecule has 1 heterocycles. The molecule has 1 aliphatic heterocycles. The molecule has 8 heteroatoms. The lowest BCUT2D eigenvalue weighted by Gasteiger charge is -2.05. The summed E-state index contributed by atoms with van der Waals surface area (Å²) in [5.41, 5.74) is 1.22. The highest BCUT2D eigenvalue weighted by Crippen LogP contribution is 2.34. The number of nitriles is 1. The van der Waals surface area contributed by atoms with Crippen LogP contribution in [0.3, 0.4) is 0 Å². The first kappa shape index (κ1) is 18.8. The molecule has 27 heavy (non-hydrogen) atoms. The number of methoxy groups -OCH3 is 1. The van der Waals surface area contributed by atoms with Crippen molar-refractivity contribution in [3.63, 3.8) is 0 Å². The second-order valence-corrected chi connectivity index (χ2v) is 6.75. The minimum absolute atomic E-state index is 0.0687. The van der Waals surface area contributed by atoms with E-state index in [9.17, 15) is 4.79 Å². The van der Waals surface area contributed by atoms with Crippen LogP contribution in [0.25, 0.3) is 6.08 Å². The zero-order chi connectivity index (χ0) is 19.2. The number of carbonyl (C=O) groups is 1. The average Bonchev–Trinajstić information content (AvgIpc) is 3.00. The van der Waals surface area contributed by atoms with E-state index in [1.807, 2.05) is 18.2 Å². The molecule has 1 aliphatic rings. The fourth-order valence-corrected chi connectivity index (χ4v) is 3.31. The van der Waals surface area contributed by atoms with Crippen LogP contribution in [0, 0.1) is 11.3 Å². The Morgan fingerprint density at radius 1 is 1.30 bits per heavy atom. The van der Waals surface area contributed by atoms with Gasteiger partial charge < -0.3 is 14.8 Å². The van der Waals surface area contributed by atoms with E-state index >= 15 is 0 Å². The Kier molecular flexibility index (Phi) is 6.01. The van der Waals surface area contributed by atoms with Crippen molar-refractivity contribution < 1.29 is 14.3 Å². The first-order valence-electron chi connectivity index (χ1n) is 7.82. The summed E-state index contributed by atoms with van der Waals surface area (Å²) in [4.78, 5) is 17.2. The van der Waals surface area contributed by atoms with Crippen molar-refractivity contribution >= 4 is 46.2 Å². The summed E-state index contributed by atoms with van der Waals surface area (Å²) in [7, 11) is 1.54. The van der Waals surface area contributed by atoms with Crippen molar-refractivity contribution in [2.45, 2.75) is 0 Å². The monoisotopic (exact) mass is 399 g/mol. The number of nitrogens with zero attached hydrogens (tertiary/aromatic N) is 2. The number of hydrogen-bond donors (Lipinski definition) is 1. The highest BCUT2D eigenvalue weighted by atomic mass is 35.5. The fraction of sp³-hybridized carbons (Fsp3) is 0.105. The first-order valence-corrected chi connectivity index (χ1v) is 9.02. The van der Waals surface area contributed by atoms with Gasteiger partial charge in [-0.15, -0.1) is 0 Å². The van der Waals surface area contributed by atoms with Crippen molar-refractivity contribution in [3.8, 4) is 17.6 Å². The van der Waals surface area contributed by atoms with Crippen LogP contribution >= 0.6 is 23.4 Å². The number of halogens is 1. The van der Waals surface area contributed by atoms with Gasteiger partial charge in [0.15, 0.2) is 11.8 Å². The number of rotatable bonds is 5. The van der Waals surface area contributed by atoms with Crippen LogP contribution in [-0.4, -0.2) is 24.8 Å². The summed E-state index contributed by atoms with van der Waals surface area (Å²) in [6.07, 6.45) is 1.70. The van der Waals surface area contributed by atoms with Crippen LogP contribution in [0.15, 0.2) is 52.4 Å². The molecule has 0 saturated carbocycles. The lowest BCUT2D eigenvalue weighted by Crippen LogP contribution is -2.19.